The van der Waals surface area contributed by atoms with Crippen LogP contribution in [0.2, 0.25) is 0 Å². The number of nitrogens with two attached hydrogens (primary N) is 1. The van der Waals surface area contributed by atoms with Crippen molar-refractivity contribution in [2.45, 2.75) is 32.1 Å². The van der Waals surface area contributed by atoms with Crippen molar-refractivity contribution in [3.63, 3.8) is 0 Å². The molecule has 0 saturated carbocycles. The molecule has 1 aromatic rings. The van der Waals surface area contributed by atoms with Gasteiger partial charge in [0.2, 0.25) is 5.91 Å². The van der Waals surface area contributed by atoms with Gasteiger partial charge >= 0.3 is 0 Å². The first-order chi connectivity index (χ1) is 7.18. The van der Waals surface area contributed by atoms with Crippen molar-refractivity contribution in [3.8, 4) is 0 Å². The van der Waals surface area contributed by atoms with Crippen LogP contribution >= 0.6 is 0 Å². The molecule has 0 aromatic heterocycles. The Hall–Kier alpha value is -1.38. The van der Waals surface area contributed by atoms with Gasteiger partial charge in [0.1, 0.15) is 5.82 Å². The number of carbonyl (C=O) groups is 1. The summed E-state index contributed by atoms with van der Waals surface area (Å²) in [5.41, 5.74) is 6.16. The third-order valence-electron chi connectivity index (χ3n) is 2.30. The van der Waals surface area contributed by atoms with E-state index in [1.165, 1.54) is 12.1 Å². The van der Waals surface area contributed by atoms with Gasteiger partial charge in [0.15, 0.2) is 0 Å². The lowest BCUT2D eigenvalue weighted by molar-refractivity contribution is -0.118. The lowest BCUT2D eigenvalue weighted by Gasteiger charge is -2.00. The second kappa shape index (κ2) is 6.17. The quantitative estimate of drug-likeness (QED) is 0.718. The maximum absolute atomic E-state index is 12.6. The van der Waals surface area contributed by atoms with Crippen molar-refractivity contribution >= 4 is 5.91 Å². The minimum Gasteiger partial charge on any atom is -0.370 e. The zero-order chi connectivity index (χ0) is 11.1. The summed E-state index contributed by atoms with van der Waals surface area (Å²) in [6.45, 7) is 0. The summed E-state index contributed by atoms with van der Waals surface area (Å²) in [4.78, 5) is 10.5. The lowest BCUT2D eigenvalue weighted by Crippen LogP contribution is -2.09. The standard InChI is InChI=1S/C12H16FNO/c13-11-8-6-10(7-9-11)4-2-1-3-5-12(14)15/h6-9H,1-5H2,(H2,14,15). The molecule has 0 atom stereocenters. The third-order valence-corrected chi connectivity index (χ3v) is 2.30. The number of hydrogen-bond acceptors (Lipinski definition) is 1. The smallest absolute Gasteiger partial charge is 0.217 e. The van der Waals surface area contributed by atoms with E-state index in [-0.39, 0.29) is 11.7 Å². The van der Waals surface area contributed by atoms with E-state index in [9.17, 15) is 9.18 Å². The molecular weight excluding hydrogens is 193 g/mol. The largest absolute Gasteiger partial charge is 0.370 e. The van der Waals surface area contributed by atoms with E-state index in [4.69, 9.17) is 5.73 Å². The minimum atomic E-state index is -0.239. The van der Waals surface area contributed by atoms with Crippen LogP contribution in [0.15, 0.2) is 24.3 Å². The van der Waals surface area contributed by atoms with Crippen molar-refractivity contribution in [2.75, 3.05) is 0 Å². The molecule has 15 heavy (non-hydrogen) atoms. The van der Waals surface area contributed by atoms with Crippen LogP contribution < -0.4 is 5.73 Å². The highest BCUT2D eigenvalue weighted by atomic mass is 19.1. The Labute approximate surface area is 89.3 Å². The van der Waals surface area contributed by atoms with Gasteiger partial charge in [-0.2, -0.15) is 0 Å². The Balaban J connectivity index is 2.15. The number of unbranched alkanes of at least 4 members (excludes halogenated alkanes) is 2. The average molecular weight is 209 g/mol. The molecule has 0 aliphatic heterocycles. The van der Waals surface area contributed by atoms with E-state index in [0.29, 0.717) is 6.42 Å². The molecule has 1 amide bonds. The molecule has 0 unspecified atom stereocenters. The molecule has 1 aromatic carbocycles. The molecule has 0 saturated heterocycles. The van der Waals surface area contributed by atoms with E-state index in [2.05, 4.69) is 0 Å². The van der Waals surface area contributed by atoms with Gasteiger partial charge in [0.05, 0.1) is 0 Å². The summed E-state index contributed by atoms with van der Waals surface area (Å²) in [5.74, 6) is -0.440. The van der Waals surface area contributed by atoms with E-state index in [0.717, 1.165) is 31.2 Å². The van der Waals surface area contributed by atoms with Crippen LogP contribution in [0.25, 0.3) is 0 Å². The highest BCUT2D eigenvalue weighted by Gasteiger charge is 1.96. The third kappa shape index (κ3) is 5.15. The normalized spacial score (nSPS) is 10.2. The first-order valence-corrected chi connectivity index (χ1v) is 5.21. The number of benzene rings is 1. The number of hydrogen-bond donors (Lipinski definition) is 1. The van der Waals surface area contributed by atoms with Crippen molar-refractivity contribution in [3.05, 3.63) is 35.6 Å². The van der Waals surface area contributed by atoms with Crippen molar-refractivity contribution in [2.24, 2.45) is 5.73 Å². The maximum atomic E-state index is 12.6. The van der Waals surface area contributed by atoms with Crippen LogP contribution in [-0.2, 0) is 11.2 Å². The van der Waals surface area contributed by atoms with Crippen LogP contribution in [-0.4, -0.2) is 5.91 Å². The second-order valence-corrected chi connectivity index (χ2v) is 3.65. The highest BCUT2D eigenvalue weighted by molar-refractivity contribution is 5.73. The number of amides is 1. The van der Waals surface area contributed by atoms with Gasteiger partial charge in [-0.05, 0) is 37.0 Å². The molecular formula is C12H16FNO. The van der Waals surface area contributed by atoms with Crippen LogP contribution in [0.4, 0.5) is 4.39 Å². The number of aryl methyl sites for hydroxylation is 1. The number of rotatable bonds is 6. The fourth-order valence-corrected chi connectivity index (χ4v) is 1.46. The topological polar surface area (TPSA) is 43.1 Å². The molecule has 2 N–H and O–H groups in total. The molecule has 0 radical (unpaired) electrons. The molecule has 0 heterocycles. The SMILES string of the molecule is NC(=O)CCCCCc1ccc(F)cc1. The average Bonchev–Trinajstić information content (AvgIpc) is 2.20. The lowest BCUT2D eigenvalue weighted by atomic mass is 10.1. The monoisotopic (exact) mass is 209 g/mol. The predicted octanol–water partition coefficient (Wildman–Crippen LogP) is 2.41. The number of primary amides is 1. The van der Waals surface area contributed by atoms with Crippen LogP contribution in [0.5, 0.6) is 0 Å². The van der Waals surface area contributed by atoms with Gasteiger partial charge in [-0.25, -0.2) is 4.39 Å². The second-order valence-electron chi connectivity index (χ2n) is 3.65. The Bertz CT molecular complexity index is 308. The van der Waals surface area contributed by atoms with E-state index >= 15 is 0 Å². The van der Waals surface area contributed by atoms with Gasteiger partial charge < -0.3 is 5.73 Å². The Morgan fingerprint density at radius 2 is 1.80 bits per heavy atom. The van der Waals surface area contributed by atoms with Gasteiger partial charge in [-0.15, -0.1) is 0 Å². The van der Waals surface area contributed by atoms with Crippen molar-refractivity contribution in [1.82, 2.24) is 0 Å². The van der Waals surface area contributed by atoms with Crippen LogP contribution in [0.3, 0.4) is 0 Å². The molecule has 0 fully saturated rings. The summed E-state index contributed by atoms with van der Waals surface area (Å²) in [6, 6.07) is 6.53. The Kier molecular flexibility index (Phi) is 4.81. The molecule has 1 rings (SSSR count). The first kappa shape index (κ1) is 11.7. The molecule has 3 heteroatoms. The molecule has 2 nitrogen and oxygen atoms in total. The van der Waals surface area contributed by atoms with Crippen LogP contribution in [0, 0.1) is 5.82 Å². The van der Waals surface area contributed by atoms with E-state index < -0.39 is 0 Å². The Morgan fingerprint density at radius 1 is 1.13 bits per heavy atom. The number of carbonyl (C=O) groups excluding carboxylic acids is 1. The molecule has 0 aliphatic carbocycles. The maximum Gasteiger partial charge on any atom is 0.217 e. The fourth-order valence-electron chi connectivity index (χ4n) is 1.46. The highest BCUT2D eigenvalue weighted by Crippen LogP contribution is 2.08. The molecule has 0 aliphatic rings. The van der Waals surface area contributed by atoms with E-state index in [1.54, 1.807) is 12.1 Å². The Morgan fingerprint density at radius 3 is 2.40 bits per heavy atom. The van der Waals surface area contributed by atoms with Gasteiger partial charge in [0.25, 0.3) is 0 Å². The van der Waals surface area contributed by atoms with E-state index in [1.807, 2.05) is 0 Å². The van der Waals surface area contributed by atoms with Gasteiger partial charge in [-0.3, -0.25) is 4.79 Å². The van der Waals surface area contributed by atoms with Crippen molar-refractivity contribution < 1.29 is 9.18 Å². The van der Waals surface area contributed by atoms with Gasteiger partial charge in [-0.1, -0.05) is 18.6 Å². The summed E-state index contributed by atoms with van der Waals surface area (Å²) in [7, 11) is 0. The van der Waals surface area contributed by atoms with Gasteiger partial charge in [0, 0.05) is 6.42 Å². The predicted molar refractivity (Wildman–Crippen MR) is 57.8 cm³/mol. The first-order valence-electron chi connectivity index (χ1n) is 5.21. The zero-order valence-corrected chi connectivity index (χ0v) is 8.71. The molecule has 0 bridgehead atoms. The summed E-state index contributed by atoms with van der Waals surface area (Å²) >= 11 is 0. The summed E-state index contributed by atoms with van der Waals surface area (Å²) in [6.07, 6.45) is 4.23. The van der Waals surface area contributed by atoms with Crippen LogP contribution in [0.1, 0.15) is 31.2 Å². The summed E-state index contributed by atoms with van der Waals surface area (Å²) in [5, 5.41) is 0. The fraction of sp³-hybridized carbons (Fsp3) is 0.417. The minimum absolute atomic E-state index is 0.201. The molecule has 0 spiro atoms. The van der Waals surface area contributed by atoms with Crippen molar-refractivity contribution in [1.29, 1.82) is 0 Å². The zero-order valence-electron chi connectivity index (χ0n) is 8.71. The number of halogens is 1. The summed E-state index contributed by atoms with van der Waals surface area (Å²) < 4.78 is 12.6. The molecule has 82 valence electrons.